The van der Waals surface area contributed by atoms with E-state index in [1.165, 1.54) is 0 Å². The van der Waals surface area contributed by atoms with Gasteiger partial charge in [0.25, 0.3) is 0 Å². The molecule has 0 saturated carbocycles. The lowest BCUT2D eigenvalue weighted by Gasteiger charge is -2.32. The maximum absolute atomic E-state index is 11.9. The molecule has 2 aliphatic rings. The van der Waals surface area contributed by atoms with Crippen molar-refractivity contribution in [1.29, 1.82) is 0 Å². The van der Waals surface area contributed by atoms with Crippen molar-refractivity contribution >= 4 is 11.8 Å². The average molecular weight is 224 g/mol. The second-order valence-electron chi connectivity index (χ2n) is 5.92. The molecule has 0 bridgehead atoms. The van der Waals surface area contributed by atoms with Gasteiger partial charge < -0.3 is 0 Å². The molecule has 4 nitrogen and oxygen atoms in total. The van der Waals surface area contributed by atoms with Crippen LogP contribution in [0.4, 0.5) is 0 Å². The van der Waals surface area contributed by atoms with Crippen LogP contribution in [0.5, 0.6) is 0 Å². The van der Waals surface area contributed by atoms with Gasteiger partial charge in [-0.15, -0.1) is 0 Å². The van der Waals surface area contributed by atoms with E-state index >= 15 is 0 Å². The van der Waals surface area contributed by atoms with E-state index in [9.17, 15) is 9.59 Å². The summed E-state index contributed by atoms with van der Waals surface area (Å²) in [5.41, 5.74) is -0.333. The molecule has 0 N–H and O–H groups in total. The third-order valence-corrected chi connectivity index (χ3v) is 3.36. The van der Waals surface area contributed by atoms with Crippen LogP contribution in [0.15, 0.2) is 0 Å². The average Bonchev–Trinajstić information content (AvgIpc) is 2.51. The third-order valence-electron chi connectivity index (χ3n) is 3.36. The predicted molar refractivity (Wildman–Crippen MR) is 60.2 cm³/mol. The van der Waals surface area contributed by atoms with Crippen LogP contribution in [0.3, 0.4) is 0 Å². The first-order valence-corrected chi connectivity index (χ1v) is 5.98. The van der Waals surface area contributed by atoms with Crippen molar-refractivity contribution in [2.24, 2.45) is 5.92 Å². The van der Waals surface area contributed by atoms with Crippen LogP contribution >= 0.6 is 0 Å². The zero-order valence-corrected chi connectivity index (χ0v) is 10.5. The van der Waals surface area contributed by atoms with E-state index in [1.807, 2.05) is 13.8 Å². The van der Waals surface area contributed by atoms with Gasteiger partial charge in [0.2, 0.25) is 11.8 Å². The van der Waals surface area contributed by atoms with Gasteiger partial charge in [-0.2, -0.15) is 0 Å². The molecule has 2 heterocycles. The van der Waals surface area contributed by atoms with Gasteiger partial charge in [0.1, 0.15) is 0 Å². The summed E-state index contributed by atoms with van der Waals surface area (Å²) in [6, 6.07) is 0.0850. The van der Waals surface area contributed by atoms with Gasteiger partial charge in [-0.25, -0.2) is 10.0 Å². The van der Waals surface area contributed by atoms with Crippen LogP contribution in [0.2, 0.25) is 0 Å². The minimum Gasteiger partial charge on any atom is -0.273 e. The molecule has 1 atom stereocenters. The second-order valence-corrected chi connectivity index (χ2v) is 5.92. The van der Waals surface area contributed by atoms with E-state index in [-0.39, 0.29) is 23.4 Å². The molecule has 16 heavy (non-hydrogen) atoms. The third kappa shape index (κ3) is 1.60. The van der Waals surface area contributed by atoms with E-state index in [1.54, 1.807) is 10.0 Å². The highest BCUT2D eigenvalue weighted by atomic mass is 16.2. The molecule has 2 amide bonds. The molecule has 0 aromatic heterocycles. The van der Waals surface area contributed by atoms with E-state index in [2.05, 4.69) is 13.8 Å². The molecule has 90 valence electrons. The Morgan fingerprint density at radius 1 is 1.31 bits per heavy atom. The van der Waals surface area contributed by atoms with Gasteiger partial charge in [-0.1, -0.05) is 13.8 Å². The molecule has 0 aromatic carbocycles. The van der Waals surface area contributed by atoms with Crippen molar-refractivity contribution < 1.29 is 9.59 Å². The fourth-order valence-corrected chi connectivity index (χ4v) is 2.86. The molecule has 2 saturated heterocycles. The van der Waals surface area contributed by atoms with Gasteiger partial charge in [-0.05, 0) is 26.2 Å². The van der Waals surface area contributed by atoms with Gasteiger partial charge in [0.15, 0.2) is 0 Å². The molecule has 0 aliphatic carbocycles. The molecule has 0 unspecified atom stereocenters. The first-order chi connectivity index (χ1) is 7.33. The van der Waals surface area contributed by atoms with Gasteiger partial charge >= 0.3 is 0 Å². The molecule has 2 aliphatic heterocycles. The van der Waals surface area contributed by atoms with Gasteiger partial charge in [0, 0.05) is 0 Å². The topological polar surface area (TPSA) is 40.6 Å². The van der Waals surface area contributed by atoms with Crippen LogP contribution in [-0.2, 0) is 9.59 Å². The summed E-state index contributed by atoms with van der Waals surface area (Å²) in [7, 11) is 0. The summed E-state index contributed by atoms with van der Waals surface area (Å²) in [4.78, 5) is 23.9. The van der Waals surface area contributed by atoms with Crippen LogP contribution in [-0.4, -0.2) is 33.4 Å². The number of rotatable bonds is 2. The maximum atomic E-state index is 11.9. The first kappa shape index (κ1) is 11.4. The molecule has 0 spiro atoms. The summed E-state index contributed by atoms with van der Waals surface area (Å²) >= 11 is 0. The van der Waals surface area contributed by atoms with Crippen LogP contribution in [0.1, 0.15) is 47.0 Å². The maximum Gasteiger partial charge on any atom is 0.243 e. The number of nitrogens with zero attached hydrogens (tertiary/aromatic N) is 2. The molecule has 2 rings (SSSR count). The standard InChI is InChI=1S/C12H20N2O2/c1-8(2)5-9-6-10(15)14-12(3,4)7-11(16)13(9)14/h8-9H,5-7H2,1-4H3/t9-/m1/s1. The fourth-order valence-electron chi connectivity index (χ4n) is 2.86. The number of hydrogen-bond donors (Lipinski definition) is 0. The molecule has 4 heteroatoms. The summed E-state index contributed by atoms with van der Waals surface area (Å²) < 4.78 is 0. The van der Waals surface area contributed by atoms with Crippen LogP contribution < -0.4 is 0 Å². The van der Waals surface area contributed by atoms with Gasteiger partial charge in [0.05, 0.1) is 24.4 Å². The Labute approximate surface area is 96.6 Å². The number of carbonyl (C=O) groups is 2. The van der Waals surface area contributed by atoms with Crippen molar-refractivity contribution in [2.45, 2.75) is 58.5 Å². The van der Waals surface area contributed by atoms with Crippen molar-refractivity contribution in [2.75, 3.05) is 0 Å². The molecular weight excluding hydrogens is 204 g/mol. The summed E-state index contributed by atoms with van der Waals surface area (Å²) in [6.45, 7) is 8.17. The highest BCUT2D eigenvalue weighted by Crippen LogP contribution is 2.39. The second kappa shape index (κ2) is 3.47. The number of hydrogen-bond acceptors (Lipinski definition) is 2. The Bertz CT molecular complexity index is 334. The number of carbonyl (C=O) groups excluding carboxylic acids is 2. The first-order valence-electron chi connectivity index (χ1n) is 5.98. The Hall–Kier alpha value is -1.06. The fraction of sp³-hybridized carbons (Fsp3) is 0.833. The summed E-state index contributed by atoms with van der Waals surface area (Å²) in [6.07, 6.45) is 1.85. The van der Waals surface area contributed by atoms with Crippen molar-refractivity contribution in [3.8, 4) is 0 Å². The van der Waals surface area contributed by atoms with E-state index in [0.717, 1.165) is 6.42 Å². The highest BCUT2D eigenvalue weighted by Gasteiger charge is 2.53. The van der Waals surface area contributed by atoms with E-state index < -0.39 is 0 Å². The Morgan fingerprint density at radius 3 is 2.50 bits per heavy atom. The lowest BCUT2D eigenvalue weighted by molar-refractivity contribution is -0.151. The summed E-state index contributed by atoms with van der Waals surface area (Å²) in [5, 5.41) is 3.39. The van der Waals surface area contributed by atoms with Crippen molar-refractivity contribution in [3.05, 3.63) is 0 Å². The Kier molecular flexibility index (Phi) is 2.48. The normalized spacial score (nSPS) is 28.2. The molecule has 2 fully saturated rings. The van der Waals surface area contributed by atoms with Crippen LogP contribution in [0.25, 0.3) is 0 Å². The Balaban J connectivity index is 2.25. The zero-order chi connectivity index (χ0) is 12.1. The number of fused-ring (bicyclic) bond motifs is 1. The van der Waals surface area contributed by atoms with Crippen molar-refractivity contribution in [1.82, 2.24) is 10.0 Å². The van der Waals surface area contributed by atoms with E-state index in [0.29, 0.717) is 18.8 Å². The molecule has 0 radical (unpaired) electrons. The minimum atomic E-state index is -0.333. The summed E-state index contributed by atoms with van der Waals surface area (Å²) in [5.74, 6) is 0.706. The minimum absolute atomic E-state index is 0.0850. The zero-order valence-electron chi connectivity index (χ0n) is 10.5. The largest absolute Gasteiger partial charge is 0.273 e. The highest BCUT2D eigenvalue weighted by molar-refractivity contribution is 5.90. The predicted octanol–water partition coefficient (Wildman–Crippen LogP) is 1.56. The number of amides is 2. The van der Waals surface area contributed by atoms with Crippen LogP contribution in [0, 0.1) is 5.92 Å². The quantitative estimate of drug-likeness (QED) is 0.714. The Morgan fingerprint density at radius 2 is 1.94 bits per heavy atom. The smallest absolute Gasteiger partial charge is 0.243 e. The monoisotopic (exact) mass is 224 g/mol. The van der Waals surface area contributed by atoms with E-state index in [4.69, 9.17) is 0 Å². The number of hydrazine groups is 1. The van der Waals surface area contributed by atoms with Gasteiger partial charge in [-0.3, -0.25) is 9.59 Å². The molecular formula is C12H20N2O2. The van der Waals surface area contributed by atoms with Crippen molar-refractivity contribution in [3.63, 3.8) is 0 Å². The SMILES string of the molecule is CC(C)C[C@@H]1CC(=O)N2N1C(=O)CC2(C)C. The molecule has 0 aromatic rings. The lowest BCUT2D eigenvalue weighted by atomic mass is 9.98. The lowest BCUT2D eigenvalue weighted by Crippen LogP contribution is -2.46.